The number of anilines is 2. The van der Waals surface area contributed by atoms with Crippen molar-refractivity contribution in [2.45, 2.75) is 45.4 Å². The van der Waals surface area contributed by atoms with Gasteiger partial charge in [-0.2, -0.15) is 0 Å². The molecular formula is C16H22BrClFN3O. The summed E-state index contributed by atoms with van der Waals surface area (Å²) >= 11 is 9.46. The Balaban J connectivity index is 2.44. The smallest absolute Gasteiger partial charge is 0.168 e. The van der Waals surface area contributed by atoms with Gasteiger partial charge in [-0.3, -0.25) is 4.99 Å². The van der Waals surface area contributed by atoms with Gasteiger partial charge in [-0.15, -0.1) is 0 Å². The fraction of sp³-hybridized carbons (Fsp3) is 0.562. The lowest BCUT2D eigenvalue weighted by atomic mass is 10.1. The van der Waals surface area contributed by atoms with Gasteiger partial charge < -0.3 is 15.4 Å². The fourth-order valence-corrected chi connectivity index (χ4v) is 3.09. The normalized spacial score (nSPS) is 18.8. The van der Waals surface area contributed by atoms with Crippen molar-refractivity contribution in [1.82, 2.24) is 0 Å². The molecule has 0 bridgehead atoms. The number of nitrogens with two attached hydrogens (primary N) is 1. The van der Waals surface area contributed by atoms with Gasteiger partial charge in [0.05, 0.1) is 20.9 Å². The van der Waals surface area contributed by atoms with Crippen molar-refractivity contribution in [1.29, 1.82) is 0 Å². The van der Waals surface area contributed by atoms with Crippen LogP contribution in [-0.2, 0) is 4.74 Å². The highest BCUT2D eigenvalue weighted by atomic mass is 79.9. The van der Waals surface area contributed by atoms with Gasteiger partial charge in [0.2, 0.25) is 0 Å². The van der Waals surface area contributed by atoms with E-state index in [0.717, 1.165) is 19.3 Å². The largest absolute Gasteiger partial charge is 0.396 e. The minimum atomic E-state index is -0.529. The van der Waals surface area contributed by atoms with Gasteiger partial charge in [-0.05, 0) is 49.0 Å². The molecule has 7 heteroatoms. The predicted octanol–water partition coefficient (Wildman–Crippen LogP) is 4.61. The van der Waals surface area contributed by atoms with E-state index in [4.69, 9.17) is 22.1 Å². The summed E-state index contributed by atoms with van der Waals surface area (Å²) in [5, 5.41) is 0.00714. The molecule has 0 radical (unpaired) electrons. The van der Waals surface area contributed by atoms with E-state index in [1.165, 1.54) is 0 Å². The minimum absolute atomic E-state index is 0.00714. The molecule has 0 saturated carbocycles. The van der Waals surface area contributed by atoms with E-state index in [-0.39, 0.29) is 17.3 Å². The van der Waals surface area contributed by atoms with Crippen molar-refractivity contribution >= 4 is 45.1 Å². The van der Waals surface area contributed by atoms with Crippen LogP contribution >= 0.6 is 27.5 Å². The molecule has 23 heavy (non-hydrogen) atoms. The summed E-state index contributed by atoms with van der Waals surface area (Å²) in [7, 11) is 1.79. The molecule has 4 nitrogen and oxygen atoms in total. The molecule has 1 aromatic rings. The Morgan fingerprint density at radius 1 is 1.48 bits per heavy atom. The summed E-state index contributed by atoms with van der Waals surface area (Å²) in [5.74, 6) is -0.529. The average Bonchev–Trinajstić information content (AvgIpc) is 2.53. The highest BCUT2D eigenvalue weighted by Crippen LogP contribution is 2.40. The molecule has 1 aromatic carbocycles. The molecule has 0 spiro atoms. The molecule has 1 atom stereocenters. The summed E-state index contributed by atoms with van der Waals surface area (Å²) < 4.78 is 20.5. The molecule has 0 aromatic heterocycles. The minimum Gasteiger partial charge on any atom is -0.396 e. The topological polar surface area (TPSA) is 50.8 Å². The zero-order valence-corrected chi connectivity index (χ0v) is 15.9. The lowest BCUT2D eigenvalue weighted by Gasteiger charge is -2.27. The van der Waals surface area contributed by atoms with Crippen LogP contribution in [-0.4, -0.2) is 32.1 Å². The van der Waals surface area contributed by atoms with Crippen LogP contribution < -0.4 is 10.6 Å². The quantitative estimate of drug-likeness (QED) is 0.451. The lowest BCUT2D eigenvalue weighted by Crippen LogP contribution is -2.28. The summed E-state index contributed by atoms with van der Waals surface area (Å²) in [4.78, 5) is 6.20. The van der Waals surface area contributed by atoms with Gasteiger partial charge in [-0.25, -0.2) is 4.39 Å². The van der Waals surface area contributed by atoms with Crippen LogP contribution in [0.15, 0.2) is 9.47 Å². The maximum Gasteiger partial charge on any atom is 0.168 e. The first kappa shape index (κ1) is 18.5. The fourth-order valence-electron chi connectivity index (χ4n) is 2.41. The predicted molar refractivity (Wildman–Crippen MR) is 98.2 cm³/mol. The van der Waals surface area contributed by atoms with Crippen molar-refractivity contribution in [2.75, 3.05) is 24.3 Å². The van der Waals surface area contributed by atoms with Gasteiger partial charge in [-0.1, -0.05) is 11.6 Å². The highest BCUT2D eigenvalue weighted by Gasteiger charge is 2.23. The van der Waals surface area contributed by atoms with E-state index >= 15 is 0 Å². The standard InChI is InChI=1S/C16H22BrClFN3O/c1-9(2)22(3)16-14(19)13(18)12(17)10(15(16)20)8-21-11-6-4-5-7-23-11/h8-9,11H,4-7,20H2,1-3H3. The van der Waals surface area contributed by atoms with Crippen LogP contribution in [0.2, 0.25) is 5.02 Å². The van der Waals surface area contributed by atoms with E-state index in [1.54, 1.807) is 18.2 Å². The molecule has 0 amide bonds. The second-order valence-electron chi connectivity index (χ2n) is 5.92. The van der Waals surface area contributed by atoms with Crippen molar-refractivity contribution in [2.24, 2.45) is 4.99 Å². The third kappa shape index (κ3) is 3.98. The van der Waals surface area contributed by atoms with E-state index in [2.05, 4.69) is 20.9 Å². The molecular weight excluding hydrogens is 385 g/mol. The molecule has 1 unspecified atom stereocenters. The Morgan fingerprint density at radius 2 is 2.17 bits per heavy atom. The van der Waals surface area contributed by atoms with Crippen molar-refractivity contribution in [3.05, 3.63) is 20.9 Å². The highest BCUT2D eigenvalue weighted by molar-refractivity contribution is 9.10. The monoisotopic (exact) mass is 405 g/mol. The third-order valence-corrected chi connectivity index (χ3v) is 5.43. The van der Waals surface area contributed by atoms with Gasteiger partial charge >= 0.3 is 0 Å². The number of nitrogens with zero attached hydrogens (tertiary/aromatic N) is 2. The van der Waals surface area contributed by atoms with Crippen molar-refractivity contribution < 1.29 is 9.13 Å². The van der Waals surface area contributed by atoms with Crippen LogP contribution in [0.3, 0.4) is 0 Å². The number of hydrogen-bond donors (Lipinski definition) is 1. The first-order valence-electron chi connectivity index (χ1n) is 7.68. The number of aliphatic imine (C=N–C) groups is 1. The molecule has 128 valence electrons. The maximum atomic E-state index is 14.6. The number of nitrogen functional groups attached to an aromatic ring is 1. The molecule has 1 heterocycles. The summed E-state index contributed by atoms with van der Waals surface area (Å²) in [6, 6.07) is 0.0792. The summed E-state index contributed by atoms with van der Waals surface area (Å²) in [6.45, 7) is 4.63. The Morgan fingerprint density at radius 3 is 2.74 bits per heavy atom. The number of benzene rings is 1. The Bertz CT molecular complexity index is 604. The van der Waals surface area contributed by atoms with Gasteiger partial charge in [0, 0.05) is 31.5 Å². The Hall–Kier alpha value is -0.850. The maximum absolute atomic E-state index is 14.6. The zero-order valence-electron chi connectivity index (χ0n) is 13.6. The van der Waals surface area contributed by atoms with Gasteiger partial charge in [0.1, 0.15) is 6.23 Å². The third-order valence-electron chi connectivity index (χ3n) is 4.03. The average molecular weight is 407 g/mol. The lowest BCUT2D eigenvalue weighted by molar-refractivity contribution is 0.0227. The Labute approximate surface area is 150 Å². The van der Waals surface area contributed by atoms with Gasteiger partial charge in [0.15, 0.2) is 5.82 Å². The van der Waals surface area contributed by atoms with Crippen LogP contribution in [0.25, 0.3) is 0 Å². The number of ether oxygens (including phenoxy) is 1. The molecule has 0 aliphatic carbocycles. The van der Waals surface area contributed by atoms with Crippen LogP contribution in [0.1, 0.15) is 38.7 Å². The first-order valence-corrected chi connectivity index (χ1v) is 8.85. The van der Waals surface area contributed by atoms with Crippen molar-refractivity contribution in [3.8, 4) is 0 Å². The SMILES string of the molecule is CC(C)N(C)c1c(N)c(C=NC2CCCCO2)c(Br)c(Cl)c1F. The molecule has 1 aliphatic heterocycles. The number of hydrogen-bond acceptors (Lipinski definition) is 4. The van der Waals surface area contributed by atoms with E-state index in [0.29, 0.717) is 28.0 Å². The van der Waals surface area contributed by atoms with E-state index in [9.17, 15) is 4.39 Å². The van der Waals surface area contributed by atoms with E-state index < -0.39 is 5.82 Å². The second-order valence-corrected chi connectivity index (χ2v) is 7.09. The zero-order chi connectivity index (χ0) is 17.1. The van der Waals surface area contributed by atoms with Gasteiger partial charge in [0.25, 0.3) is 0 Å². The molecule has 1 aliphatic rings. The van der Waals surface area contributed by atoms with Crippen LogP contribution in [0.5, 0.6) is 0 Å². The molecule has 2 N–H and O–H groups in total. The van der Waals surface area contributed by atoms with Crippen LogP contribution in [0.4, 0.5) is 15.8 Å². The molecule has 1 saturated heterocycles. The summed E-state index contributed by atoms with van der Waals surface area (Å²) in [6.07, 6.45) is 4.47. The first-order chi connectivity index (χ1) is 10.8. The number of rotatable bonds is 4. The molecule has 1 fully saturated rings. The van der Waals surface area contributed by atoms with E-state index in [1.807, 2.05) is 13.8 Å². The second kappa shape index (κ2) is 7.81. The molecule has 2 rings (SSSR count). The number of halogens is 3. The van der Waals surface area contributed by atoms with Crippen LogP contribution in [0, 0.1) is 5.82 Å². The van der Waals surface area contributed by atoms with Crippen molar-refractivity contribution in [3.63, 3.8) is 0 Å². The summed E-state index contributed by atoms with van der Waals surface area (Å²) in [5.41, 5.74) is 7.39. The Kier molecular flexibility index (Phi) is 6.28.